The molecular formula is C21H16F3N5O2. The second-order valence-electron chi connectivity index (χ2n) is 6.47. The average molecular weight is 427 g/mol. The Kier molecular flexibility index (Phi) is 5.20. The highest BCUT2D eigenvalue weighted by Crippen LogP contribution is 2.31. The van der Waals surface area contributed by atoms with Crippen LogP contribution in [0.3, 0.4) is 0 Å². The van der Waals surface area contributed by atoms with E-state index in [1.807, 2.05) is 30.3 Å². The van der Waals surface area contributed by atoms with Gasteiger partial charge in [-0.25, -0.2) is 9.36 Å². The summed E-state index contributed by atoms with van der Waals surface area (Å²) < 4.78 is 46.9. The van der Waals surface area contributed by atoms with Crippen LogP contribution in [0.2, 0.25) is 0 Å². The molecule has 0 aliphatic rings. The third-order valence-corrected chi connectivity index (χ3v) is 4.41. The SMILES string of the molecule is COc1cn(-c2cccc(C(F)(F)F)c2)nc1C(=O)Nc1ccn(-c2ccccc2)n1. The molecule has 31 heavy (non-hydrogen) atoms. The zero-order valence-electron chi connectivity index (χ0n) is 16.2. The van der Waals surface area contributed by atoms with Crippen molar-refractivity contribution in [2.45, 2.75) is 6.18 Å². The molecule has 0 radical (unpaired) electrons. The van der Waals surface area contributed by atoms with Crippen molar-refractivity contribution in [3.63, 3.8) is 0 Å². The van der Waals surface area contributed by atoms with Crippen LogP contribution in [0.1, 0.15) is 16.1 Å². The molecule has 4 aromatic rings. The average Bonchev–Trinajstić information content (AvgIpc) is 3.41. The van der Waals surface area contributed by atoms with Crippen LogP contribution in [0.15, 0.2) is 73.1 Å². The van der Waals surface area contributed by atoms with E-state index in [1.54, 1.807) is 16.9 Å². The molecule has 2 aromatic carbocycles. The molecule has 2 heterocycles. The highest BCUT2D eigenvalue weighted by Gasteiger charge is 2.30. The maximum Gasteiger partial charge on any atom is 0.416 e. The van der Waals surface area contributed by atoms with Gasteiger partial charge in [-0.05, 0) is 30.3 Å². The molecule has 0 aliphatic carbocycles. The topological polar surface area (TPSA) is 74.0 Å². The summed E-state index contributed by atoms with van der Waals surface area (Å²) in [7, 11) is 1.34. The number of hydrogen-bond acceptors (Lipinski definition) is 4. The van der Waals surface area contributed by atoms with E-state index in [2.05, 4.69) is 15.5 Å². The summed E-state index contributed by atoms with van der Waals surface area (Å²) in [5.41, 5.74) is 0.0426. The summed E-state index contributed by atoms with van der Waals surface area (Å²) in [5, 5.41) is 11.0. The Labute approximate surface area is 174 Å². The summed E-state index contributed by atoms with van der Waals surface area (Å²) in [6.45, 7) is 0. The van der Waals surface area contributed by atoms with Crippen molar-refractivity contribution in [1.82, 2.24) is 19.6 Å². The monoisotopic (exact) mass is 427 g/mol. The summed E-state index contributed by atoms with van der Waals surface area (Å²) in [5.74, 6) is -0.220. The van der Waals surface area contributed by atoms with Crippen LogP contribution >= 0.6 is 0 Å². The number of ether oxygens (including phenoxy) is 1. The number of anilines is 1. The maximum atomic E-state index is 13.0. The predicted octanol–water partition coefficient (Wildman–Crippen LogP) is 4.34. The number of para-hydroxylation sites is 1. The number of benzene rings is 2. The van der Waals surface area contributed by atoms with Crippen LogP contribution in [0.25, 0.3) is 11.4 Å². The van der Waals surface area contributed by atoms with E-state index >= 15 is 0 Å². The Bertz CT molecular complexity index is 1220. The number of nitrogens with zero attached hydrogens (tertiary/aromatic N) is 4. The molecule has 1 N–H and O–H groups in total. The van der Waals surface area contributed by atoms with Gasteiger partial charge in [-0.3, -0.25) is 4.79 Å². The third-order valence-electron chi connectivity index (χ3n) is 4.41. The van der Waals surface area contributed by atoms with Gasteiger partial charge < -0.3 is 10.1 Å². The Morgan fingerprint density at radius 3 is 2.42 bits per heavy atom. The fraction of sp³-hybridized carbons (Fsp3) is 0.0952. The van der Waals surface area contributed by atoms with Crippen LogP contribution in [-0.2, 0) is 6.18 Å². The first-order valence-corrected chi connectivity index (χ1v) is 9.09. The summed E-state index contributed by atoms with van der Waals surface area (Å²) in [6, 6.07) is 15.5. The van der Waals surface area contributed by atoms with Crippen LogP contribution < -0.4 is 10.1 Å². The number of carbonyl (C=O) groups is 1. The molecule has 158 valence electrons. The highest BCUT2D eigenvalue weighted by molar-refractivity contribution is 6.04. The minimum Gasteiger partial charge on any atom is -0.493 e. The molecule has 0 saturated heterocycles. The standard InChI is InChI=1S/C21H16F3N5O2/c1-31-17-13-29(16-9-5-6-14(12-16)21(22,23)24)27-19(17)20(30)25-18-10-11-28(26-18)15-7-3-2-4-8-15/h2-13H,1H3,(H,25,26,30). The number of methoxy groups -OCH3 is 1. The summed E-state index contributed by atoms with van der Waals surface area (Å²) in [4.78, 5) is 12.7. The largest absolute Gasteiger partial charge is 0.493 e. The summed E-state index contributed by atoms with van der Waals surface area (Å²) >= 11 is 0. The van der Waals surface area contributed by atoms with Gasteiger partial charge in [0, 0.05) is 12.3 Å². The van der Waals surface area contributed by atoms with Crippen molar-refractivity contribution < 1.29 is 22.7 Å². The Balaban J connectivity index is 1.58. The Hall–Kier alpha value is -4.08. The molecule has 0 spiro atoms. The minimum absolute atomic E-state index is 0.0887. The number of hydrogen-bond donors (Lipinski definition) is 1. The highest BCUT2D eigenvalue weighted by atomic mass is 19.4. The number of rotatable bonds is 5. The molecule has 10 heteroatoms. The number of aromatic nitrogens is 4. The van der Waals surface area contributed by atoms with Crippen LogP contribution in [0, 0.1) is 0 Å². The molecular weight excluding hydrogens is 411 g/mol. The number of carbonyl (C=O) groups excluding carboxylic acids is 1. The molecule has 2 aromatic heterocycles. The second-order valence-corrected chi connectivity index (χ2v) is 6.47. The lowest BCUT2D eigenvalue weighted by molar-refractivity contribution is -0.137. The molecule has 0 bridgehead atoms. The van der Waals surface area contributed by atoms with Gasteiger partial charge in [-0.2, -0.15) is 23.4 Å². The van der Waals surface area contributed by atoms with Crippen molar-refractivity contribution in [3.05, 3.63) is 84.3 Å². The molecule has 7 nitrogen and oxygen atoms in total. The third kappa shape index (κ3) is 4.27. The van der Waals surface area contributed by atoms with Crippen LogP contribution in [-0.4, -0.2) is 32.6 Å². The minimum atomic E-state index is -4.50. The fourth-order valence-corrected chi connectivity index (χ4v) is 2.91. The maximum absolute atomic E-state index is 13.0. The van der Waals surface area contributed by atoms with E-state index in [0.717, 1.165) is 22.5 Å². The molecule has 0 fully saturated rings. The lowest BCUT2D eigenvalue weighted by atomic mass is 10.2. The van der Waals surface area contributed by atoms with Crippen molar-refractivity contribution in [2.24, 2.45) is 0 Å². The van der Waals surface area contributed by atoms with Gasteiger partial charge in [-0.1, -0.05) is 24.3 Å². The van der Waals surface area contributed by atoms with Crippen molar-refractivity contribution in [1.29, 1.82) is 0 Å². The van der Waals surface area contributed by atoms with E-state index in [1.165, 1.54) is 25.4 Å². The predicted molar refractivity (Wildman–Crippen MR) is 107 cm³/mol. The van der Waals surface area contributed by atoms with Gasteiger partial charge in [-0.15, -0.1) is 0 Å². The van der Waals surface area contributed by atoms with E-state index < -0.39 is 17.6 Å². The number of alkyl halides is 3. The quantitative estimate of drug-likeness (QED) is 0.514. The van der Waals surface area contributed by atoms with E-state index in [-0.39, 0.29) is 22.9 Å². The second kappa shape index (κ2) is 7.98. The molecule has 0 unspecified atom stereocenters. The first-order chi connectivity index (χ1) is 14.8. The first-order valence-electron chi connectivity index (χ1n) is 9.09. The van der Waals surface area contributed by atoms with E-state index in [4.69, 9.17) is 4.74 Å². The molecule has 4 rings (SSSR count). The van der Waals surface area contributed by atoms with Crippen molar-refractivity contribution >= 4 is 11.7 Å². The molecule has 0 saturated carbocycles. The zero-order valence-corrected chi connectivity index (χ0v) is 16.2. The van der Waals surface area contributed by atoms with Gasteiger partial charge in [0.25, 0.3) is 5.91 Å². The van der Waals surface area contributed by atoms with Gasteiger partial charge in [0.05, 0.1) is 30.2 Å². The van der Waals surface area contributed by atoms with Crippen molar-refractivity contribution in [2.75, 3.05) is 12.4 Å². The lowest BCUT2D eigenvalue weighted by Gasteiger charge is -2.08. The van der Waals surface area contributed by atoms with Gasteiger partial charge >= 0.3 is 6.18 Å². The lowest BCUT2D eigenvalue weighted by Crippen LogP contribution is -2.15. The van der Waals surface area contributed by atoms with Crippen molar-refractivity contribution in [3.8, 4) is 17.1 Å². The van der Waals surface area contributed by atoms with E-state index in [0.29, 0.717) is 0 Å². The normalized spacial score (nSPS) is 11.4. The molecule has 0 atom stereocenters. The zero-order chi connectivity index (χ0) is 22.0. The Morgan fingerprint density at radius 1 is 0.968 bits per heavy atom. The summed E-state index contributed by atoms with van der Waals surface area (Å²) in [6.07, 6.45) is -1.47. The molecule has 1 amide bonds. The van der Waals surface area contributed by atoms with Gasteiger partial charge in [0.15, 0.2) is 17.3 Å². The first kappa shape index (κ1) is 20.2. The van der Waals surface area contributed by atoms with Gasteiger partial charge in [0.2, 0.25) is 0 Å². The molecule has 0 aliphatic heterocycles. The fourth-order valence-electron chi connectivity index (χ4n) is 2.91. The number of halogens is 3. The van der Waals surface area contributed by atoms with E-state index in [9.17, 15) is 18.0 Å². The Morgan fingerprint density at radius 2 is 1.71 bits per heavy atom. The number of nitrogens with one attached hydrogen (secondary N) is 1. The van der Waals surface area contributed by atoms with Crippen LogP contribution in [0.4, 0.5) is 19.0 Å². The number of amides is 1. The van der Waals surface area contributed by atoms with Gasteiger partial charge in [0.1, 0.15) is 0 Å². The smallest absolute Gasteiger partial charge is 0.416 e. The van der Waals surface area contributed by atoms with Crippen LogP contribution in [0.5, 0.6) is 5.75 Å².